The van der Waals surface area contributed by atoms with E-state index in [1.807, 2.05) is 6.08 Å². The quantitative estimate of drug-likeness (QED) is 0.519. The van der Waals surface area contributed by atoms with Crippen LogP contribution in [0.5, 0.6) is 0 Å². The van der Waals surface area contributed by atoms with E-state index in [2.05, 4.69) is 17.9 Å². The summed E-state index contributed by atoms with van der Waals surface area (Å²) in [5.41, 5.74) is 0.845. The molecule has 0 bridgehead atoms. The molecule has 0 radical (unpaired) electrons. The highest BCUT2D eigenvalue weighted by atomic mass is 32.1. The topological polar surface area (TPSA) is 29.1 Å². The molecule has 9 heavy (non-hydrogen) atoms. The number of hydrogen-bond donors (Lipinski definition) is 2. The standard InChI is InChI=1S/C6H9NOS/c8-6(9)5-1-3-7-4-2-5/h1,7H,2-4H2,(H,8,9). The lowest BCUT2D eigenvalue weighted by atomic mass is 10.1. The number of carbonyl (C=O) groups excluding carboxylic acids is 1. The molecule has 0 spiro atoms. The van der Waals surface area contributed by atoms with Gasteiger partial charge in [-0.25, -0.2) is 0 Å². The van der Waals surface area contributed by atoms with Gasteiger partial charge in [-0.2, -0.15) is 0 Å². The zero-order valence-electron chi connectivity index (χ0n) is 5.05. The van der Waals surface area contributed by atoms with Crippen LogP contribution in [0, 0.1) is 0 Å². The van der Waals surface area contributed by atoms with E-state index >= 15 is 0 Å². The van der Waals surface area contributed by atoms with Gasteiger partial charge in [0.1, 0.15) is 0 Å². The first-order valence-electron chi connectivity index (χ1n) is 2.94. The fourth-order valence-electron chi connectivity index (χ4n) is 0.817. The maximum absolute atomic E-state index is 10.6. The molecule has 1 heterocycles. The van der Waals surface area contributed by atoms with Crippen LogP contribution in [0.15, 0.2) is 11.6 Å². The van der Waals surface area contributed by atoms with Gasteiger partial charge in [0.2, 0.25) is 5.12 Å². The summed E-state index contributed by atoms with van der Waals surface area (Å²) in [4.78, 5) is 10.6. The van der Waals surface area contributed by atoms with Crippen molar-refractivity contribution in [2.75, 3.05) is 13.1 Å². The second-order valence-corrected chi connectivity index (χ2v) is 2.39. The van der Waals surface area contributed by atoms with Crippen LogP contribution < -0.4 is 5.32 Å². The largest absolute Gasteiger partial charge is 0.313 e. The highest BCUT2D eigenvalue weighted by Crippen LogP contribution is 2.06. The number of thiol groups is 1. The van der Waals surface area contributed by atoms with Gasteiger partial charge in [0.05, 0.1) is 0 Å². The van der Waals surface area contributed by atoms with Gasteiger partial charge in [-0.3, -0.25) is 4.79 Å². The predicted molar refractivity (Wildman–Crippen MR) is 39.6 cm³/mol. The Hall–Kier alpha value is -0.280. The summed E-state index contributed by atoms with van der Waals surface area (Å²) in [5.74, 6) is 0. The van der Waals surface area contributed by atoms with Crippen molar-refractivity contribution in [3.8, 4) is 0 Å². The van der Waals surface area contributed by atoms with Gasteiger partial charge >= 0.3 is 0 Å². The third-order valence-electron chi connectivity index (χ3n) is 1.34. The molecule has 2 nitrogen and oxygen atoms in total. The Kier molecular flexibility index (Phi) is 2.30. The van der Waals surface area contributed by atoms with Gasteiger partial charge in [-0.1, -0.05) is 6.08 Å². The lowest BCUT2D eigenvalue weighted by Crippen LogP contribution is -2.22. The first kappa shape index (κ1) is 6.83. The van der Waals surface area contributed by atoms with Crippen LogP contribution in [-0.4, -0.2) is 18.2 Å². The van der Waals surface area contributed by atoms with Crippen molar-refractivity contribution in [3.05, 3.63) is 11.6 Å². The molecule has 0 atom stereocenters. The lowest BCUT2D eigenvalue weighted by molar-refractivity contribution is -0.107. The molecular weight excluding hydrogens is 134 g/mol. The van der Waals surface area contributed by atoms with Crippen LogP contribution >= 0.6 is 12.6 Å². The molecule has 0 saturated heterocycles. The maximum atomic E-state index is 10.6. The van der Waals surface area contributed by atoms with Gasteiger partial charge in [-0.05, 0) is 13.0 Å². The Bertz CT molecular complexity index is 153. The molecule has 0 aliphatic carbocycles. The van der Waals surface area contributed by atoms with Crippen LogP contribution in [0.1, 0.15) is 6.42 Å². The molecule has 50 valence electrons. The van der Waals surface area contributed by atoms with Crippen LogP contribution in [-0.2, 0) is 4.79 Å². The monoisotopic (exact) mass is 143 g/mol. The number of carbonyl (C=O) groups is 1. The molecule has 1 aliphatic rings. The second kappa shape index (κ2) is 3.03. The van der Waals surface area contributed by atoms with Crippen molar-refractivity contribution in [1.29, 1.82) is 0 Å². The van der Waals surface area contributed by atoms with Gasteiger partial charge in [-0.15, -0.1) is 12.6 Å². The van der Waals surface area contributed by atoms with Crippen molar-refractivity contribution in [2.45, 2.75) is 6.42 Å². The lowest BCUT2D eigenvalue weighted by Gasteiger charge is -2.09. The van der Waals surface area contributed by atoms with Crippen LogP contribution in [0.3, 0.4) is 0 Å². The van der Waals surface area contributed by atoms with Crippen LogP contribution in [0.25, 0.3) is 0 Å². The Labute approximate surface area is 59.7 Å². The van der Waals surface area contributed by atoms with E-state index in [4.69, 9.17) is 0 Å². The summed E-state index contributed by atoms with van der Waals surface area (Å²) in [6.07, 6.45) is 2.71. The average molecular weight is 143 g/mol. The summed E-state index contributed by atoms with van der Waals surface area (Å²) in [6.45, 7) is 1.71. The normalized spacial score (nSPS) is 19.0. The molecule has 0 aromatic rings. The zero-order chi connectivity index (χ0) is 6.69. The molecule has 0 amide bonds. The fraction of sp³-hybridized carbons (Fsp3) is 0.500. The van der Waals surface area contributed by atoms with E-state index < -0.39 is 0 Å². The van der Waals surface area contributed by atoms with Crippen LogP contribution in [0.4, 0.5) is 0 Å². The first-order chi connectivity index (χ1) is 4.30. The maximum Gasteiger partial charge on any atom is 0.212 e. The highest BCUT2D eigenvalue weighted by Gasteiger charge is 2.06. The van der Waals surface area contributed by atoms with E-state index in [0.29, 0.717) is 0 Å². The summed E-state index contributed by atoms with van der Waals surface area (Å²) in [6, 6.07) is 0. The van der Waals surface area contributed by atoms with Crippen molar-refractivity contribution < 1.29 is 4.79 Å². The van der Waals surface area contributed by atoms with Crippen molar-refractivity contribution >= 4 is 17.7 Å². The smallest absolute Gasteiger partial charge is 0.212 e. The molecule has 0 unspecified atom stereocenters. The van der Waals surface area contributed by atoms with Crippen molar-refractivity contribution in [3.63, 3.8) is 0 Å². The molecule has 0 fully saturated rings. The van der Waals surface area contributed by atoms with E-state index in [9.17, 15) is 4.79 Å². The second-order valence-electron chi connectivity index (χ2n) is 1.99. The molecule has 3 heteroatoms. The van der Waals surface area contributed by atoms with E-state index in [1.54, 1.807) is 0 Å². The predicted octanol–water partition coefficient (Wildman–Crippen LogP) is 0.362. The van der Waals surface area contributed by atoms with E-state index in [1.165, 1.54) is 0 Å². The molecule has 1 rings (SSSR count). The van der Waals surface area contributed by atoms with E-state index in [-0.39, 0.29) is 5.12 Å². The van der Waals surface area contributed by atoms with Crippen molar-refractivity contribution in [1.82, 2.24) is 5.32 Å². The molecule has 1 N–H and O–H groups in total. The molecule has 1 aliphatic heterocycles. The van der Waals surface area contributed by atoms with Crippen LogP contribution in [0.2, 0.25) is 0 Å². The molecule has 0 saturated carbocycles. The first-order valence-corrected chi connectivity index (χ1v) is 3.38. The van der Waals surface area contributed by atoms with Gasteiger partial charge in [0.25, 0.3) is 0 Å². The average Bonchev–Trinajstić information content (AvgIpc) is 1.90. The minimum absolute atomic E-state index is 0.0866. The Morgan fingerprint density at radius 2 is 2.56 bits per heavy atom. The SMILES string of the molecule is O=C(S)C1=CCNCC1. The summed E-state index contributed by atoms with van der Waals surface area (Å²) in [5, 5.41) is 3.02. The van der Waals surface area contributed by atoms with E-state index in [0.717, 1.165) is 25.1 Å². The summed E-state index contributed by atoms with van der Waals surface area (Å²) < 4.78 is 0. The Morgan fingerprint density at radius 3 is 2.89 bits per heavy atom. The molecule has 0 aromatic carbocycles. The fourth-order valence-corrected chi connectivity index (χ4v) is 1.02. The van der Waals surface area contributed by atoms with Gasteiger partial charge < -0.3 is 5.32 Å². The van der Waals surface area contributed by atoms with Gasteiger partial charge in [0.15, 0.2) is 0 Å². The molecule has 0 aromatic heterocycles. The highest BCUT2D eigenvalue weighted by molar-refractivity contribution is 7.97. The van der Waals surface area contributed by atoms with Crippen molar-refractivity contribution in [2.24, 2.45) is 0 Å². The third-order valence-corrected chi connectivity index (χ3v) is 1.63. The number of nitrogens with one attached hydrogen (secondary N) is 1. The Morgan fingerprint density at radius 1 is 1.78 bits per heavy atom. The minimum Gasteiger partial charge on any atom is -0.313 e. The summed E-state index contributed by atoms with van der Waals surface area (Å²) in [7, 11) is 0. The zero-order valence-corrected chi connectivity index (χ0v) is 5.95. The molecular formula is C6H9NOS. The van der Waals surface area contributed by atoms with Gasteiger partial charge in [0, 0.05) is 12.1 Å². The number of hydrogen-bond acceptors (Lipinski definition) is 2. The minimum atomic E-state index is -0.0866. The summed E-state index contributed by atoms with van der Waals surface area (Å²) >= 11 is 3.71. The number of rotatable bonds is 1. The third kappa shape index (κ3) is 1.84. The Balaban J connectivity index is 2.57.